The number of hydrogen-bond acceptors (Lipinski definition) is 4. The molecule has 0 saturated carbocycles. The van der Waals surface area contributed by atoms with Crippen LogP contribution in [0.25, 0.3) is 0 Å². The van der Waals surface area contributed by atoms with Gasteiger partial charge in [0.1, 0.15) is 6.17 Å². The molecule has 3 nitrogen and oxygen atoms in total. The van der Waals surface area contributed by atoms with E-state index in [9.17, 15) is 4.79 Å². The van der Waals surface area contributed by atoms with Gasteiger partial charge in [0.2, 0.25) is 5.91 Å². The van der Waals surface area contributed by atoms with Crippen molar-refractivity contribution in [1.29, 1.82) is 0 Å². The largest absolute Gasteiger partial charge is 0.319 e. The lowest BCUT2D eigenvalue weighted by molar-refractivity contribution is -0.131. The maximum Gasteiger partial charge on any atom is 0.241 e. The molecule has 1 amide bonds. The molecule has 100 valence electrons. The molecule has 3 atom stereocenters. The first-order valence-electron chi connectivity index (χ1n) is 6.24. The quantitative estimate of drug-likeness (QED) is 0.902. The van der Waals surface area contributed by atoms with Gasteiger partial charge in [0.15, 0.2) is 0 Å². The number of amides is 1. The van der Waals surface area contributed by atoms with Crippen LogP contribution in [-0.2, 0) is 4.79 Å². The van der Waals surface area contributed by atoms with Gasteiger partial charge in [-0.05, 0) is 54.7 Å². The van der Waals surface area contributed by atoms with Gasteiger partial charge in [-0.1, -0.05) is 0 Å². The van der Waals surface area contributed by atoms with E-state index < -0.39 is 0 Å². The van der Waals surface area contributed by atoms with E-state index in [1.165, 1.54) is 5.56 Å². The van der Waals surface area contributed by atoms with Gasteiger partial charge in [-0.15, -0.1) is 0 Å². The van der Waals surface area contributed by atoms with Crippen LogP contribution in [0.5, 0.6) is 0 Å². The summed E-state index contributed by atoms with van der Waals surface area (Å²) in [5.41, 5.74) is 1.20. The Labute approximate surface area is 117 Å². The van der Waals surface area contributed by atoms with E-state index in [1.807, 2.05) is 23.6 Å². The summed E-state index contributed by atoms with van der Waals surface area (Å²) in [5.74, 6) is 1.31. The second-order valence-electron chi connectivity index (χ2n) is 4.72. The number of hydrogen-bond donors (Lipinski definition) is 1. The van der Waals surface area contributed by atoms with Gasteiger partial charge >= 0.3 is 0 Å². The predicted molar refractivity (Wildman–Crippen MR) is 79.0 cm³/mol. The van der Waals surface area contributed by atoms with Crippen molar-refractivity contribution in [2.24, 2.45) is 0 Å². The molecule has 1 saturated heterocycles. The fourth-order valence-corrected chi connectivity index (χ4v) is 3.58. The topological polar surface area (TPSA) is 32.3 Å². The van der Waals surface area contributed by atoms with Crippen molar-refractivity contribution in [1.82, 2.24) is 10.2 Å². The number of carbonyl (C=O) groups excluding carboxylic acids is 1. The average Bonchev–Trinajstić information content (AvgIpc) is 2.96. The maximum atomic E-state index is 12.3. The van der Waals surface area contributed by atoms with Crippen molar-refractivity contribution < 1.29 is 4.79 Å². The molecule has 0 spiro atoms. The second-order valence-corrected chi connectivity index (χ2v) is 6.49. The fourth-order valence-electron chi connectivity index (χ4n) is 2.33. The Bertz CT molecular complexity index is 394. The molecule has 0 radical (unpaired) electrons. The molecule has 1 aliphatic heterocycles. The van der Waals surface area contributed by atoms with Gasteiger partial charge in [0.25, 0.3) is 0 Å². The number of nitrogens with one attached hydrogen (secondary N) is 1. The number of thioether (sulfide) groups is 1. The lowest BCUT2D eigenvalue weighted by Gasteiger charge is -2.30. The van der Waals surface area contributed by atoms with Crippen LogP contribution in [-0.4, -0.2) is 34.9 Å². The molecule has 0 bridgehead atoms. The van der Waals surface area contributed by atoms with E-state index >= 15 is 0 Å². The number of nitrogens with zero attached hydrogens (tertiary/aromatic N) is 1. The van der Waals surface area contributed by atoms with Crippen LogP contribution in [0.3, 0.4) is 0 Å². The summed E-state index contributed by atoms with van der Waals surface area (Å²) in [6.07, 6.45) is 3.20. The molecule has 3 unspecified atom stereocenters. The first-order chi connectivity index (χ1) is 8.65. The molecule has 0 aromatic carbocycles. The minimum Gasteiger partial charge on any atom is -0.319 e. The first kappa shape index (κ1) is 13.9. The van der Waals surface area contributed by atoms with Gasteiger partial charge in [0.05, 0.1) is 6.04 Å². The highest BCUT2D eigenvalue weighted by atomic mass is 32.2. The van der Waals surface area contributed by atoms with E-state index in [0.29, 0.717) is 0 Å². The SMILES string of the molecule is CSCCC(C)N1C(=O)C(C)NC1c1ccsc1. The smallest absolute Gasteiger partial charge is 0.241 e. The first-order valence-corrected chi connectivity index (χ1v) is 8.58. The molecule has 2 rings (SSSR count). The Morgan fingerprint density at radius 2 is 2.39 bits per heavy atom. The normalized spacial score (nSPS) is 25.7. The minimum absolute atomic E-state index is 0.0515. The zero-order chi connectivity index (χ0) is 13.1. The highest BCUT2D eigenvalue weighted by Gasteiger charge is 2.39. The Hall–Kier alpha value is -0.520. The Balaban J connectivity index is 2.15. The standard InChI is InChI=1S/C13H20N2OS2/c1-9(4-6-17-3)15-12(11-5-7-18-8-11)14-10(2)13(15)16/h5,7-10,12,14H,4,6H2,1-3H3. The Morgan fingerprint density at radius 3 is 3.00 bits per heavy atom. The second kappa shape index (κ2) is 6.08. The monoisotopic (exact) mass is 284 g/mol. The van der Waals surface area contributed by atoms with Crippen LogP contribution in [0.2, 0.25) is 0 Å². The third-order valence-electron chi connectivity index (χ3n) is 3.38. The molecular weight excluding hydrogens is 264 g/mol. The molecule has 1 N–H and O–H groups in total. The molecule has 18 heavy (non-hydrogen) atoms. The van der Waals surface area contributed by atoms with E-state index in [4.69, 9.17) is 0 Å². The average molecular weight is 284 g/mol. The number of thiophene rings is 1. The molecular formula is C13H20N2OS2. The molecule has 0 aliphatic carbocycles. The zero-order valence-corrected chi connectivity index (χ0v) is 12.7. The Morgan fingerprint density at radius 1 is 1.61 bits per heavy atom. The summed E-state index contributed by atoms with van der Waals surface area (Å²) >= 11 is 3.51. The third kappa shape index (κ3) is 2.73. The van der Waals surface area contributed by atoms with Crippen molar-refractivity contribution in [3.8, 4) is 0 Å². The van der Waals surface area contributed by atoms with Gasteiger partial charge in [-0.3, -0.25) is 10.1 Å². The maximum absolute atomic E-state index is 12.3. The highest BCUT2D eigenvalue weighted by molar-refractivity contribution is 7.98. The minimum atomic E-state index is -0.0772. The van der Waals surface area contributed by atoms with Gasteiger partial charge in [-0.2, -0.15) is 23.1 Å². The molecule has 1 aromatic heterocycles. The van der Waals surface area contributed by atoms with Crippen molar-refractivity contribution in [2.75, 3.05) is 12.0 Å². The molecule has 1 fully saturated rings. The molecule has 5 heteroatoms. The van der Waals surface area contributed by atoms with Gasteiger partial charge in [-0.25, -0.2) is 0 Å². The summed E-state index contributed by atoms with van der Waals surface area (Å²) < 4.78 is 0. The molecule has 1 aromatic rings. The van der Waals surface area contributed by atoms with Crippen molar-refractivity contribution >= 4 is 29.0 Å². The predicted octanol–water partition coefficient (Wildman–Crippen LogP) is 2.71. The van der Waals surface area contributed by atoms with Crippen LogP contribution < -0.4 is 5.32 Å². The zero-order valence-electron chi connectivity index (χ0n) is 11.1. The number of rotatable bonds is 5. The van der Waals surface area contributed by atoms with Crippen LogP contribution in [0.1, 0.15) is 32.0 Å². The fraction of sp³-hybridized carbons (Fsp3) is 0.615. The van der Waals surface area contributed by atoms with E-state index in [-0.39, 0.29) is 24.2 Å². The van der Waals surface area contributed by atoms with Crippen molar-refractivity contribution in [2.45, 2.75) is 38.5 Å². The van der Waals surface area contributed by atoms with Gasteiger partial charge in [0, 0.05) is 6.04 Å². The summed E-state index contributed by atoms with van der Waals surface area (Å²) in [6, 6.07) is 2.31. The van der Waals surface area contributed by atoms with Gasteiger partial charge < -0.3 is 4.90 Å². The van der Waals surface area contributed by atoms with E-state index in [2.05, 4.69) is 35.3 Å². The summed E-state index contributed by atoms with van der Waals surface area (Å²) in [4.78, 5) is 14.3. The summed E-state index contributed by atoms with van der Waals surface area (Å²) in [5, 5.41) is 7.58. The third-order valence-corrected chi connectivity index (χ3v) is 4.73. The molecule has 1 aliphatic rings. The van der Waals surface area contributed by atoms with Crippen LogP contribution in [0, 0.1) is 0 Å². The lowest BCUT2D eigenvalue weighted by atomic mass is 10.1. The van der Waals surface area contributed by atoms with E-state index in [0.717, 1.165) is 12.2 Å². The number of carbonyl (C=O) groups is 1. The van der Waals surface area contributed by atoms with Crippen LogP contribution in [0.4, 0.5) is 0 Å². The van der Waals surface area contributed by atoms with Crippen LogP contribution >= 0.6 is 23.1 Å². The van der Waals surface area contributed by atoms with Crippen molar-refractivity contribution in [3.05, 3.63) is 22.4 Å². The van der Waals surface area contributed by atoms with E-state index in [1.54, 1.807) is 11.3 Å². The summed E-state index contributed by atoms with van der Waals surface area (Å²) in [7, 11) is 0. The van der Waals surface area contributed by atoms with Crippen molar-refractivity contribution in [3.63, 3.8) is 0 Å². The highest BCUT2D eigenvalue weighted by Crippen LogP contribution is 2.29. The lowest BCUT2D eigenvalue weighted by Crippen LogP contribution is -2.38. The molecule has 2 heterocycles. The van der Waals surface area contributed by atoms with Crippen LogP contribution in [0.15, 0.2) is 16.8 Å². The Kier molecular flexibility index (Phi) is 4.70. The summed E-state index contributed by atoms with van der Waals surface area (Å²) in [6.45, 7) is 4.09.